The molecule has 1 unspecified atom stereocenters. The summed E-state index contributed by atoms with van der Waals surface area (Å²) < 4.78 is 2.27. The molecule has 170 valence electrons. The monoisotopic (exact) mass is 421 g/mol. The van der Waals surface area contributed by atoms with Crippen LogP contribution in [0.2, 0.25) is 0 Å². The first-order valence-corrected chi connectivity index (χ1v) is 11.6. The number of allylic oxidation sites excluding steroid dienone is 5. The maximum Gasteiger partial charge on any atom is 0.178 e. The Kier molecular flexibility index (Phi) is 14.1. The average Bonchev–Trinajstić information content (AvgIpc) is 2.73. The second-order valence-corrected chi connectivity index (χ2v) is 8.11. The Morgan fingerprint density at radius 1 is 1.13 bits per heavy atom. The van der Waals surface area contributed by atoms with Gasteiger partial charge in [0.2, 0.25) is 0 Å². The quantitative estimate of drug-likeness (QED) is 0.281. The summed E-state index contributed by atoms with van der Waals surface area (Å²) in [6, 6.07) is 6.31. The third-order valence-electron chi connectivity index (χ3n) is 5.20. The molecule has 0 aliphatic carbocycles. The molecule has 0 radical (unpaired) electrons. The van der Waals surface area contributed by atoms with Crippen molar-refractivity contribution in [1.82, 2.24) is 0 Å². The molecular weight excluding hydrogens is 376 g/mol. The minimum Gasteiger partial charge on any atom is -0.308 e. The van der Waals surface area contributed by atoms with E-state index in [1.165, 1.54) is 46.0 Å². The molecule has 1 aliphatic rings. The van der Waals surface area contributed by atoms with Crippen LogP contribution in [-0.4, -0.2) is 23.5 Å². The van der Waals surface area contributed by atoms with E-state index in [9.17, 15) is 0 Å². The van der Waals surface area contributed by atoms with Crippen LogP contribution in [0, 0.1) is 25.2 Å². The summed E-state index contributed by atoms with van der Waals surface area (Å²) in [6.45, 7) is 23.5. The fourth-order valence-electron chi connectivity index (χ4n) is 3.87. The lowest BCUT2D eigenvalue weighted by atomic mass is 9.85. The van der Waals surface area contributed by atoms with E-state index < -0.39 is 0 Å². The van der Waals surface area contributed by atoms with E-state index in [0.29, 0.717) is 5.92 Å². The molecule has 1 aromatic rings. The standard InChI is InChI=1S/C23H31N2.C3H8.C3H6/c1-7-16(3)22-19(6)13-25(14-20(22)8-2)15-21(12-24)23-17(4)10-9-11-18(23)5;2*1-3-2/h7,9-13,15,20,24H,8,14H2,1-6H3;3H2,1-2H3;3H,1H2,2H3/q+1;;/b16-7-,21-15+,24-12?;;. The van der Waals surface area contributed by atoms with E-state index in [-0.39, 0.29) is 0 Å². The van der Waals surface area contributed by atoms with Crippen LogP contribution >= 0.6 is 0 Å². The molecule has 2 rings (SSSR count). The maximum atomic E-state index is 7.94. The Morgan fingerprint density at radius 2 is 1.65 bits per heavy atom. The summed E-state index contributed by atoms with van der Waals surface area (Å²) >= 11 is 0. The first-order valence-electron chi connectivity index (χ1n) is 11.6. The van der Waals surface area contributed by atoms with Crippen molar-refractivity contribution in [3.63, 3.8) is 0 Å². The second kappa shape index (κ2) is 15.3. The Bertz CT molecular complexity index is 827. The van der Waals surface area contributed by atoms with Crippen molar-refractivity contribution in [1.29, 1.82) is 5.41 Å². The molecule has 1 aliphatic heterocycles. The molecule has 0 aromatic heterocycles. The van der Waals surface area contributed by atoms with Crippen molar-refractivity contribution in [2.75, 3.05) is 6.54 Å². The molecule has 2 nitrogen and oxygen atoms in total. The summed E-state index contributed by atoms with van der Waals surface area (Å²) in [5.41, 5.74) is 8.78. The molecule has 0 fully saturated rings. The van der Waals surface area contributed by atoms with Gasteiger partial charge in [-0.2, -0.15) is 0 Å². The van der Waals surface area contributed by atoms with Crippen molar-refractivity contribution in [3.8, 4) is 0 Å². The SMILES string of the molecule is C/C=C(/C)C1=C(C)C=[N+](/C=C(\C=N)c2c(C)cccc2C)CC1CC.C=CC.CCC. The number of rotatable bonds is 5. The highest BCUT2D eigenvalue weighted by Crippen LogP contribution is 2.29. The van der Waals surface area contributed by atoms with Crippen molar-refractivity contribution in [2.24, 2.45) is 5.92 Å². The van der Waals surface area contributed by atoms with Crippen molar-refractivity contribution in [3.05, 3.63) is 76.5 Å². The molecule has 1 N–H and O–H groups in total. The predicted molar refractivity (Wildman–Crippen MR) is 142 cm³/mol. The Hall–Kier alpha value is -2.48. The van der Waals surface area contributed by atoms with Gasteiger partial charge in [0.05, 0.1) is 5.57 Å². The largest absolute Gasteiger partial charge is 0.308 e. The molecule has 31 heavy (non-hydrogen) atoms. The number of benzene rings is 1. The number of hydrogen-bond acceptors (Lipinski definition) is 1. The minimum atomic E-state index is 0.530. The van der Waals surface area contributed by atoms with Crippen LogP contribution in [0.25, 0.3) is 5.57 Å². The van der Waals surface area contributed by atoms with Gasteiger partial charge in [0.1, 0.15) is 0 Å². The number of nitrogens with one attached hydrogen (secondary N) is 1. The molecular formula is C29H45N2+. The van der Waals surface area contributed by atoms with E-state index in [2.05, 4.69) is 103 Å². The summed E-state index contributed by atoms with van der Waals surface area (Å²) in [4.78, 5) is 0. The molecule has 0 spiro atoms. The highest BCUT2D eigenvalue weighted by molar-refractivity contribution is 6.09. The van der Waals surface area contributed by atoms with Gasteiger partial charge in [-0.3, -0.25) is 0 Å². The normalized spacial score (nSPS) is 16.4. The third-order valence-corrected chi connectivity index (χ3v) is 5.20. The van der Waals surface area contributed by atoms with Crippen molar-refractivity contribution < 1.29 is 4.58 Å². The number of hydrogen-bond donors (Lipinski definition) is 1. The van der Waals surface area contributed by atoms with Gasteiger partial charge < -0.3 is 5.41 Å². The fourth-order valence-corrected chi connectivity index (χ4v) is 3.87. The summed E-state index contributed by atoms with van der Waals surface area (Å²) in [6.07, 6.45) is 12.2. The van der Waals surface area contributed by atoms with Crippen LogP contribution in [0.4, 0.5) is 0 Å². The number of nitrogens with zero attached hydrogens (tertiary/aromatic N) is 1. The molecule has 0 amide bonds. The predicted octanol–water partition coefficient (Wildman–Crippen LogP) is 8.31. The van der Waals surface area contributed by atoms with E-state index in [4.69, 9.17) is 5.41 Å². The van der Waals surface area contributed by atoms with Gasteiger partial charge in [0, 0.05) is 17.7 Å². The van der Waals surface area contributed by atoms with Gasteiger partial charge in [-0.15, -0.1) is 6.58 Å². The lowest BCUT2D eigenvalue weighted by Crippen LogP contribution is -2.26. The fraction of sp³-hybridized carbons (Fsp3) is 0.448. The Morgan fingerprint density at radius 3 is 2.06 bits per heavy atom. The summed E-state index contributed by atoms with van der Waals surface area (Å²) in [7, 11) is 0. The van der Waals surface area contributed by atoms with Gasteiger partial charge in [0.15, 0.2) is 19.0 Å². The smallest absolute Gasteiger partial charge is 0.178 e. The van der Waals surface area contributed by atoms with Gasteiger partial charge >= 0.3 is 0 Å². The highest BCUT2D eigenvalue weighted by atomic mass is 15.0. The maximum absolute atomic E-state index is 7.94. The summed E-state index contributed by atoms with van der Waals surface area (Å²) in [5.74, 6) is 0.530. The summed E-state index contributed by atoms with van der Waals surface area (Å²) in [5, 5.41) is 7.94. The molecule has 1 atom stereocenters. The lowest BCUT2D eigenvalue weighted by molar-refractivity contribution is -0.459. The van der Waals surface area contributed by atoms with E-state index in [1.54, 1.807) is 6.08 Å². The Balaban J connectivity index is 0.00000134. The molecule has 0 saturated carbocycles. The van der Waals surface area contributed by atoms with E-state index in [0.717, 1.165) is 18.5 Å². The zero-order valence-corrected chi connectivity index (χ0v) is 21.5. The number of aryl methyl sites for hydroxylation is 2. The topological polar surface area (TPSA) is 26.9 Å². The first-order chi connectivity index (χ1) is 14.7. The molecule has 0 saturated heterocycles. The van der Waals surface area contributed by atoms with Crippen molar-refractivity contribution in [2.45, 2.75) is 75.2 Å². The second-order valence-electron chi connectivity index (χ2n) is 8.11. The molecule has 2 heteroatoms. The first kappa shape index (κ1) is 28.5. The van der Waals surface area contributed by atoms with Crippen LogP contribution in [0.5, 0.6) is 0 Å². The zero-order valence-electron chi connectivity index (χ0n) is 21.5. The Labute approximate surface area is 192 Å². The zero-order chi connectivity index (χ0) is 24.0. The van der Waals surface area contributed by atoms with Crippen LogP contribution in [0.3, 0.4) is 0 Å². The lowest BCUT2D eigenvalue weighted by Gasteiger charge is -2.23. The van der Waals surface area contributed by atoms with E-state index >= 15 is 0 Å². The molecule has 1 heterocycles. The average molecular weight is 422 g/mol. The van der Waals surface area contributed by atoms with Crippen LogP contribution < -0.4 is 0 Å². The third kappa shape index (κ3) is 8.65. The molecule has 1 aromatic carbocycles. The van der Waals surface area contributed by atoms with Crippen molar-refractivity contribution >= 4 is 18.0 Å². The minimum absolute atomic E-state index is 0.530. The highest BCUT2D eigenvalue weighted by Gasteiger charge is 2.26. The van der Waals surface area contributed by atoms with Crippen LogP contribution in [0.15, 0.2) is 59.8 Å². The van der Waals surface area contributed by atoms with Gasteiger partial charge in [-0.1, -0.05) is 63.1 Å². The van der Waals surface area contributed by atoms with Gasteiger partial charge in [-0.05, 0) is 70.2 Å². The van der Waals surface area contributed by atoms with Crippen LogP contribution in [-0.2, 0) is 0 Å². The van der Waals surface area contributed by atoms with E-state index in [1.807, 2.05) is 6.92 Å². The van der Waals surface area contributed by atoms with Gasteiger partial charge in [-0.25, -0.2) is 4.58 Å². The van der Waals surface area contributed by atoms with Gasteiger partial charge in [0.25, 0.3) is 0 Å². The molecule has 0 bridgehead atoms. The van der Waals surface area contributed by atoms with Crippen LogP contribution in [0.1, 0.15) is 78.0 Å².